The molecule has 0 unspecified atom stereocenters. The Morgan fingerprint density at radius 3 is 2.41 bits per heavy atom. The van der Waals surface area contributed by atoms with Crippen LogP contribution in [0.2, 0.25) is 0 Å². The highest BCUT2D eigenvalue weighted by Crippen LogP contribution is 2.23. The minimum absolute atomic E-state index is 0.00821. The highest BCUT2D eigenvalue weighted by molar-refractivity contribution is 5.96. The predicted molar refractivity (Wildman–Crippen MR) is 132 cm³/mol. The molecule has 2 aromatic carbocycles. The third-order valence-corrected chi connectivity index (χ3v) is 5.71. The van der Waals surface area contributed by atoms with E-state index in [0.717, 1.165) is 54.5 Å². The summed E-state index contributed by atoms with van der Waals surface area (Å²) in [7, 11) is 0. The molecular formula is C25H32N6O3. The van der Waals surface area contributed by atoms with E-state index in [-0.39, 0.29) is 23.2 Å². The number of nitrogens with one attached hydrogen (secondary N) is 1. The molecule has 0 bridgehead atoms. The molecule has 9 heteroatoms. The van der Waals surface area contributed by atoms with Crippen LogP contribution < -0.4 is 15.8 Å². The van der Waals surface area contributed by atoms with E-state index in [2.05, 4.69) is 41.1 Å². The van der Waals surface area contributed by atoms with Crippen LogP contribution >= 0.6 is 0 Å². The van der Waals surface area contributed by atoms with Gasteiger partial charge in [0.15, 0.2) is 0 Å². The Hall–Kier alpha value is -3.43. The monoisotopic (exact) mass is 464 g/mol. The quantitative estimate of drug-likeness (QED) is 0.548. The van der Waals surface area contributed by atoms with E-state index in [1.807, 2.05) is 36.4 Å². The molecule has 1 aliphatic heterocycles. The number of carbonyl (C=O) groups excluding carboxylic acids is 1. The number of nitrogens with zero attached hydrogens (tertiary/aromatic N) is 4. The maximum Gasteiger partial charge on any atom is 0.281 e. The molecular weight excluding hydrogens is 432 g/mol. The number of morpholine rings is 1. The fourth-order valence-corrected chi connectivity index (χ4v) is 3.64. The van der Waals surface area contributed by atoms with Crippen molar-refractivity contribution in [3.8, 4) is 5.75 Å². The van der Waals surface area contributed by atoms with Crippen molar-refractivity contribution in [1.29, 1.82) is 0 Å². The van der Waals surface area contributed by atoms with Crippen LogP contribution in [0.4, 0.5) is 17.6 Å². The zero-order chi connectivity index (χ0) is 24.1. The highest BCUT2D eigenvalue weighted by atomic mass is 16.5. The van der Waals surface area contributed by atoms with E-state index in [0.29, 0.717) is 12.2 Å². The maximum absolute atomic E-state index is 12.9. The molecule has 0 saturated carbocycles. The topological polar surface area (TPSA) is 108 Å². The van der Waals surface area contributed by atoms with Crippen LogP contribution in [0.15, 0.2) is 48.5 Å². The van der Waals surface area contributed by atoms with E-state index in [9.17, 15) is 4.79 Å². The number of ether oxygens (including phenoxy) is 2. The zero-order valence-corrected chi connectivity index (χ0v) is 20.0. The molecule has 0 aliphatic carbocycles. The molecule has 0 atom stereocenters. The minimum Gasteiger partial charge on any atom is -0.492 e. The average molecular weight is 465 g/mol. The van der Waals surface area contributed by atoms with E-state index in [4.69, 9.17) is 15.2 Å². The van der Waals surface area contributed by atoms with Gasteiger partial charge in [0.25, 0.3) is 5.91 Å². The van der Waals surface area contributed by atoms with Crippen molar-refractivity contribution in [2.45, 2.75) is 26.2 Å². The smallest absolute Gasteiger partial charge is 0.281 e. The molecule has 9 nitrogen and oxygen atoms in total. The molecule has 180 valence electrons. The number of carbonyl (C=O) groups is 1. The van der Waals surface area contributed by atoms with Gasteiger partial charge in [-0.15, -0.1) is 5.10 Å². The van der Waals surface area contributed by atoms with Crippen LogP contribution in [0.25, 0.3) is 0 Å². The van der Waals surface area contributed by atoms with Crippen LogP contribution in [-0.4, -0.2) is 65.0 Å². The first-order valence-electron chi connectivity index (χ1n) is 11.5. The number of hydrogen-bond acceptors (Lipinski definition) is 8. The summed E-state index contributed by atoms with van der Waals surface area (Å²) < 4.78 is 12.3. The van der Waals surface area contributed by atoms with Gasteiger partial charge in [-0.25, -0.2) is 0 Å². The van der Waals surface area contributed by atoms with Gasteiger partial charge in [0.05, 0.1) is 13.2 Å². The van der Waals surface area contributed by atoms with Gasteiger partial charge in [-0.1, -0.05) is 32.9 Å². The first-order valence-corrected chi connectivity index (χ1v) is 11.5. The second kappa shape index (κ2) is 10.2. The predicted octanol–water partition coefficient (Wildman–Crippen LogP) is 3.30. The standard InChI is InChI=1S/C25H32N6O3/c1-25(2,3)19-6-4-18(5-7-19)22(32)31-23(26)28-24(29-31)27-20-8-10-21(11-9-20)34-17-14-30-12-15-33-16-13-30/h4-11H,12-17H2,1-3H3,(H3,26,27,28,29). The molecule has 1 aliphatic rings. The van der Waals surface area contributed by atoms with Crippen LogP contribution in [0.5, 0.6) is 5.75 Å². The molecule has 4 rings (SSSR count). The van der Waals surface area contributed by atoms with Gasteiger partial charge in [-0.2, -0.15) is 9.67 Å². The molecule has 1 saturated heterocycles. The lowest BCUT2D eigenvalue weighted by molar-refractivity contribution is 0.0322. The van der Waals surface area contributed by atoms with Gasteiger partial charge in [0.1, 0.15) is 12.4 Å². The van der Waals surface area contributed by atoms with Crippen molar-refractivity contribution >= 4 is 23.5 Å². The summed E-state index contributed by atoms with van der Waals surface area (Å²) in [4.78, 5) is 19.4. The Bertz CT molecular complexity index is 1100. The summed E-state index contributed by atoms with van der Waals surface area (Å²) in [6.07, 6.45) is 0. The average Bonchev–Trinajstić information content (AvgIpc) is 3.19. The summed E-state index contributed by atoms with van der Waals surface area (Å²) >= 11 is 0. The fourth-order valence-electron chi connectivity index (χ4n) is 3.64. The lowest BCUT2D eigenvalue weighted by atomic mass is 9.87. The summed E-state index contributed by atoms with van der Waals surface area (Å²) in [6.45, 7) is 11.3. The summed E-state index contributed by atoms with van der Waals surface area (Å²) in [5.74, 6) is 0.724. The first-order chi connectivity index (χ1) is 16.3. The number of rotatable bonds is 7. The number of anilines is 3. The zero-order valence-electron chi connectivity index (χ0n) is 20.0. The molecule has 2 heterocycles. The summed E-state index contributed by atoms with van der Waals surface area (Å²) in [5.41, 5.74) is 8.38. The number of nitrogen functional groups attached to an aromatic ring is 1. The van der Waals surface area contributed by atoms with Gasteiger partial charge in [-0.05, 0) is 47.4 Å². The van der Waals surface area contributed by atoms with Crippen molar-refractivity contribution in [2.24, 2.45) is 0 Å². The fraction of sp³-hybridized carbons (Fsp3) is 0.400. The molecule has 1 fully saturated rings. The Balaban J connectivity index is 1.34. The van der Waals surface area contributed by atoms with Crippen molar-refractivity contribution in [3.63, 3.8) is 0 Å². The van der Waals surface area contributed by atoms with E-state index < -0.39 is 0 Å². The minimum atomic E-state index is -0.331. The lowest BCUT2D eigenvalue weighted by Gasteiger charge is -2.26. The lowest BCUT2D eigenvalue weighted by Crippen LogP contribution is -2.38. The molecule has 3 aromatic rings. The third kappa shape index (κ3) is 5.92. The first kappa shape index (κ1) is 23.7. The molecule has 0 amide bonds. The van der Waals surface area contributed by atoms with Crippen molar-refractivity contribution in [3.05, 3.63) is 59.7 Å². The Kier molecular flexibility index (Phi) is 7.14. The molecule has 3 N–H and O–H groups in total. The second-order valence-electron chi connectivity index (χ2n) is 9.29. The normalized spacial score (nSPS) is 14.7. The largest absolute Gasteiger partial charge is 0.492 e. The van der Waals surface area contributed by atoms with Crippen molar-refractivity contribution in [1.82, 2.24) is 19.7 Å². The maximum atomic E-state index is 12.9. The number of hydrogen-bond donors (Lipinski definition) is 2. The number of aromatic nitrogens is 3. The Labute approximate surface area is 199 Å². The Morgan fingerprint density at radius 1 is 1.09 bits per heavy atom. The highest BCUT2D eigenvalue weighted by Gasteiger charge is 2.18. The number of nitrogens with two attached hydrogens (primary N) is 1. The summed E-state index contributed by atoms with van der Waals surface area (Å²) in [5, 5.41) is 7.33. The van der Waals surface area contributed by atoms with Crippen LogP contribution in [0.1, 0.15) is 36.7 Å². The molecule has 34 heavy (non-hydrogen) atoms. The van der Waals surface area contributed by atoms with Crippen molar-refractivity contribution < 1.29 is 14.3 Å². The van der Waals surface area contributed by atoms with Crippen LogP contribution in [0, 0.1) is 0 Å². The SMILES string of the molecule is CC(C)(C)c1ccc(C(=O)n2nc(Nc3ccc(OCCN4CCOCC4)cc3)nc2N)cc1. The third-order valence-electron chi connectivity index (χ3n) is 5.71. The van der Waals surface area contributed by atoms with E-state index in [1.165, 1.54) is 0 Å². The Morgan fingerprint density at radius 2 is 1.76 bits per heavy atom. The van der Waals surface area contributed by atoms with Gasteiger partial charge in [0, 0.05) is 30.9 Å². The molecule has 1 aromatic heterocycles. The molecule has 0 radical (unpaired) electrons. The number of benzene rings is 2. The second-order valence-corrected chi connectivity index (χ2v) is 9.29. The van der Waals surface area contributed by atoms with Crippen molar-refractivity contribution in [2.75, 3.05) is 50.5 Å². The van der Waals surface area contributed by atoms with Gasteiger partial charge in [0.2, 0.25) is 11.9 Å². The molecule has 0 spiro atoms. The summed E-state index contributed by atoms with van der Waals surface area (Å²) in [6, 6.07) is 15.0. The van der Waals surface area contributed by atoms with E-state index in [1.54, 1.807) is 12.1 Å². The van der Waals surface area contributed by atoms with Gasteiger partial charge >= 0.3 is 0 Å². The van der Waals surface area contributed by atoms with Crippen LogP contribution in [0.3, 0.4) is 0 Å². The van der Waals surface area contributed by atoms with Gasteiger partial charge < -0.3 is 20.5 Å². The van der Waals surface area contributed by atoms with E-state index >= 15 is 0 Å². The van der Waals surface area contributed by atoms with Crippen LogP contribution in [-0.2, 0) is 10.2 Å². The van der Waals surface area contributed by atoms with Gasteiger partial charge in [-0.3, -0.25) is 9.69 Å².